The third-order valence-electron chi connectivity index (χ3n) is 1.84. The van der Waals surface area contributed by atoms with Gasteiger partial charge in [0.15, 0.2) is 0 Å². The summed E-state index contributed by atoms with van der Waals surface area (Å²) in [6.45, 7) is 5.53. The van der Waals surface area contributed by atoms with E-state index < -0.39 is 0 Å². The van der Waals surface area contributed by atoms with Crippen LogP contribution in [0.3, 0.4) is 0 Å². The Bertz CT molecular complexity index is 468. The van der Waals surface area contributed by atoms with Gasteiger partial charge in [-0.25, -0.2) is 0 Å². The molecule has 0 saturated heterocycles. The molecule has 0 fully saturated rings. The second kappa shape index (κ2) is 4.12. The summed E-state index contributed by atoms with van der Waals surface area (Å²) in [6, 6.07) is 5.04. The highest BCUT2D eigenvalue weighted by Gasteiger charge is 2.05. The highest BCUT2D eigenvalue weighted by molar-refractivity contribution is 6.29. The molecule has 1 aromatic heterocycles. The van der Waals surface area contributed by atoms with Crippen LogP contribution in [0.15, 0.2) is 28.5 Å². The standard InChI is InChI=1S/C10H9ClN2O/c1-7(11)6-13-8(2)3-4-9(5-12)10(13)14/h3-4H,1,6H2,2H3. The van der Waals surface area contributed by atoms with Gasteiger partial charge in [0.25, 0.3) is 5.56 Å². The quantitative estimate of drug-likeness (QED) is 0.744. The molecule has 1 rings (SSSR count). The fourth-order valence-corrected chi connectivity index (χ4v) is 1.24. The van der Waals surface area contributed by atoms with Crippen molar-refractivity contribution in [3.05, 3.63) is 45.4 Å². The highest BCUT2D eigenvalue weighted by Crippen LogP contribution is 2.04. The van der Waals surface area contributed by atoms with E-state index in [2.05, 4.69) is 6.58 Å². The molecule has 0 radical (unpaired) electrons. The van der Waals surface area contributed by atoms with Crippen molar-refractivity contribution in [2.75, 3.05) is 0 Å². The predicted molar refractivity (Wildman–Crippen MR) is 55.1 cm³/mol. The summed E-state index contributed by atoms with van der Waals surface area (Å²) in [7, 11) is 0. The molecule has 0 aliphatic heterocycles. The average molecular weight is 209 g/mol. The summed E-state index contributed by atoms with van der Waals surface area (Å²) in [6.07, 6.45) is 0. The van der Waals surface area contributed by atoms with Gasteiger partial charge in [-0.2, -0.15) is 5.26 Å². The monoisotopic (exact) mass is 208 g/mol. The van der Waals surface area contributed by atoms with Crippen LogP contribution < -0.4 is 5.56 Å². The first kappa shape index (κ1) is 10.6. The van der Waals surface area contributed by atoms with Crippen LogP contribution in [-0.2, 0) is 6.54 Å². The van der Waals surface area contributed by atoms with Crippen LogP contribution in [0.2, 0.25) is 0 Å². The lowest BCUT2D eigenvalue weighted by Gasteiger charge is -2.08. The number of hydrogen-bond acceptors (Lipinski definition) is 2. The maximum absolute atomic E-state index is 11.6. The number of nitrogens with zero attached hydrogens (tertiary/aromatic N) is 2. The number of pyridine rings is 1. The summed E-state index contributed by atoms with van der Waals surface area (Å²) in [5, 5.41) is 9.02. The molecule has 3 nitrogen and oxygen atoms in total. The number of allylic oxidation sites excluding steroid dienone is 1. The second-order valence-corrected chi connectivity index (χ2v) is 3.44. The molecule has 0 atom stereocenters. The van der Waals surface area contributed by atoms with Crippen LogP contribution in [0.1, 0.15) is 11.3 Å². The van der Waals surface area contributed by atoms with E-state index in [0.717, 1.165) is 5.69 Å². The van der Waals surface area contributed by atoms with Crippen LogP contribution in [0.4, 0.5) is 0 Å². The third kappa shape index (κ3) is 2.04. The van der Waals surface area contributed by atoms with Crippen LogP contribution in [0.25, 0.3) is 0 Å². The Morgan fingerprint density at radius 2 is 2.36 bits per heavy atom. The van der Waals surface area contributed by atoms with E-state index in [1.165, 1.54) is 10.6 Å². The second-order valence-electron chi connectivity index (χ2n) is 2.91. The number of aryl methyl sites for hydroxylation is 1. The van der Waals surface area contributed by atoms with Crippen molar-refractivity contribution in [3.8, 4) is 6.07 Å². The van der Waals surface area contributed by atoms with Crippen LogP contribution >= 0.6 is 11.6 Å². The van der Waals surface area contributed by atoms with Gasteiger partial charge in [0.1, 0.15) is 11.6 Å². The Kier molecular flexibility index (Phi) is 3.10. The number of halogens is 1. The lowest BCUT2D eigenvalue weighted by Crippen LogP contribution is -2.24. The van der Waals surface area contributed by atoms with Crippen molar-refractivity contribution in [2.45, 2.75) is 13.5 Å². The summed E-state index contributed by atoms with van der Waals surface area (Å²) >= 11 is 5.61. The van der Waals surface area contributed by atoms with Crippen molar-refractivity contribution < 1.29 is 0 Å². The Morgan fingerprint density at radius 1 is 1.71 bits per heavy atom. The average Bonchev–Trinajstić information content (AvgIpc) is 2.12. The summed E-state index contributed by atoms with van der Waals surface area (Å²) in [5.74, 6) is 0. The molecule has 0 aliphatic rings. The number of rotatable bonds is 2. The van der Waals surface area contributed by atoms with E-state index >= 15 is 0 Å². The van der Waals surface area contributed by atoms with Crippen LogP contribution in [0, 0.1) is 18.3 Å². The first-order valence-corrected chi connectivity index (χ1v) is 4.38. The topological polar surface area (TPSA) is 45.8 Å². The minimum Gasteiger partial charge on any atom is -0.307 e. The molecule has 0 amide bonds. The molecule has 0 saturated carbocycles. The molecule has 0 N–H and O–H groups in total. The molecule has 0 unspecified atom stereocenters. The van der Waals surface area contributed by atoms with E-state index in [4.69, 9.17) is 16.9 Å². The van der Waals surface area contributed by atoms with Gasteiger partial charge in [-0.1, -0.05) is 18.2 Å². The van der Waals surface area contributed by atoms with Gasteiger partial charge in [-0.3, -0.25) is 4.79 Å². The fourth-order valence-electron chi connectivity index (χ4n) is 1.12. The van der Waals surface area contributed by atoms with E-state index in [9.17, 15) is 4.79 Å². The molecular weight excluding hydrogens is 200 g/mol. The molecule has 0 bridgehead atoms. The maximum Gasteiger partial charge on any atom is 0.268 e. The van der Waals surface area contributed by atoms with Gasteiger partial charge in [0.2, 0.25) is 0 Å². The van der Waals surface area contributed by atoms with E-state index in [0.29, 0.717) is 5.03 Å². The molecular formula is C10H9ClN2O. The molecule has 72 valence electrons. The predicted octanol–water partition coefficient (Wildman–Crippen LogP) is 1.78. The first-order chi connectivity index (χ1) is 6.56. The fraction of sp³-hybridized carbons (Fsp3) is 0.200. The van der Waals surface area contributed by atoms with Gasteiger partial charge in [0.05, 0.1) is 6.54 Å². The molecule has 1 aromatic rings. The smallest absolute Gasteiger partial charge is 0.268 e. The van der Waals surface area contributed by atoms with Crippen LogP contribution in [0.5, 0.6) is 0 Å². The summed E-state index contributed by atoms with van der Waals surface area (Å²) in [5.41, 5.74) is 0.554. The normalized spacial score (nSPS) is 9.50. The van der Waals surface area contributed by atoms with Crippen LogP contribution in [-0.4, -0.2) is 4.57 Å². The lowest BCUT2D eigenvalue weighted by atomic mass is 10.2. The van der Waals surface area contributed by atoms with Crippen molar-refractivity contribution in [1.29, 1.82) is 5.26 Å². The zero-order chi connectivity index (χ0) is 10.7. The minimum absolute atomic E-state index is 0.119. The summed E-state index contributed by atoms with van der Waals surface area (Å²) in [4.78, 5) is 11.6. The molecule has 0 aromatic carbocycles. The zero-order valence-electron chi connectivity index (χ0n) is 7.75. The number of hydrogen-bond donors (Lipinski definition) is 0. The molecule has 1 heterocycles. The SMILES string of the molecule is C=C(Cl)Cn1c(C)ccc(C#N)c1=O. The van der Waals surface area contributed by atoms with Gasteiger partial charge < -0.3 is 4.57 Å². The zero-order valence-corrected chi connectivity index (χ0v) is 8.51. The van der Waals surface area contributed by atoms with Gasteiger partial charge >= 0.3 is 0 Å². The number of nitriles is 1. The van der Waals surface area contributed by atoms with E-state index in [1.54, 1.807) is 13.0 Å². The number of aromatic nitrogens is 1. The Hall–Kier alpha value is -1.53. The van der Waals surface area contributed by atoms with Gasteiger partial charge in [-0.05, 0) is 19.1 Å². The van der Waals surface area contributed by atoms with Crippen molar-refractivity contribution >= 4 is 11.6 Å². The molecule has 0 aliphatic carbocycles. The van der Waals surface area contributed by atoms with E-state index in [1.807, 2.05) is 6.07 Å². The molecule has 4 heteroatoms. The summed E-state index contributed by atoms with van der Waals surface area (Å²) < 4.78 is 1.42. The van der Waals surface area contributed by atoms with Gasteiger partial charge in [-0.15, -0.1) is 0 Å². The van der Waals surface area contributed by atoms with E-state index in [-0.39, 0.29) is 17.7 Å². The van der Waals surface area contributed by atoms with Crippen molar-refractivity contribution in [3.63, 3.8) is 0 Å². The van der Waals surface area contributed by atoms with Crippen molar-refractivity contribution in [2.24, 2.45) is 0 Å². The minimum atomic E-state index is -0.325. The first-order valence-electron chi connectivity index (χ1n) is 4.00. The maximum atomic E-state index is 11.6. The third-order valence-corrected chi connectivity index (χ3v) is 1.96. The molecule has 14 heavy (non-hydrogen) atoms. The van der Waals surface area contributed by atoms with Crippen molar-refractivity contribution in [1.82, 2.24) is 4.57 Å². The largest absolute Gasteiger partial charge is 0.307 e. The lowest BCUT2D eigenvalue weighted by molar-refractivity contribution is 0.737. The molecule has 0 spiro atoms. The Morgan fingerprint density at radius 3 is 2.86 bits per heavy atom. The highest BCUT2D eigenvalue weighted by atomic mass is 35.5. The van der Waals surface area contributed by atoms with Gasteiger partial charge in [0, 0.05) is 10.7 Å². The Labute approximate surface area is 86.9 Å². The Balaban J connectivity index is 3.35.